The van der Waals surface area contributed by atoms with E-state index in [1.165, 1.54) is 56.1 Å². The zero-order valence-electron chi connectivity index (χ0n) is 41.0. The molecule has 0 bridgehead atoms. The first kappa shape index (κ1) is 43.3. The molecule has 9 aromatic carbocycles. The van der Waals surface area contributed by atoms with Gasteiger partial charge in [0.2, 0.25) is 0 Å². The van der Waals surface area contributed by atoms with Crippen molar-refractivity contribution in [1.82, 2.24) is 0 Å². The molecule has 0 atom stereocenters. The Kier molecular flexibility index (Phi) is 10.7. The van der Waals surface area contributed by atoms with Gasteiger partial charge in [0.05, 0.1) is 0 Å². The Morgan fingerprint density at radius 3 is 1.13 bits per heavy atom. The number of hydrogen-bond acceptors (Lipinski definition) is 4. The maximum Gasteiger partial charge on any atom is 0.178 e. The molecule has 0 amide bonds. The minimum atomic E-state index is 0.349. The first-order chi connectivity index (χ1) is 32.8. The van der Waals surface area contributed by atoms with E-state index >= 15 is 0 Å². The second-order valence-electron chi connectivity index (χ2n) is 20.3. The molecular weight excluding hydrogens is 829 g/mol. The van der Waals surface area contributed by atoms with Gasteiger partial charge in [-0.15, -0.1) is 0 Å². The SMILES string of the molecule is Cc1ccccc1N(c1ccc2cc3c(cc2c1)oc1c3ccc2c3cc4ccc(N(c5ccccc5C)c5ccc(C(C)C)cc5C(C)C)cc4cc3oc21)c1ccc(C(C)C)cc1C(C)C. The summed E-state index contributed by atoms with van der Waals surface area (Å²) < 4.78 is 13.7. The average molecular weight is 889 g/mol. The van der Waals surface area contributed by atoms with Gasteiger partial charge >= 0.3 is 0 Å². The molecule has 0 aliphatic heterocycles. The molecule has 4 nitrogen and oxygen atoms in total. The van der Waals surface area contributed by atoms with Crippen molar-refractivity contribution < 1.29 is 8.83 Å². The topological polar surface area (TPSA) is 32.8 Å². The zero-order valence-corrected chi connectivity index (χ0v) is 41.0. The summed E-state index contributed by atoms with van der Waals surface area (Å²) in [7, 11) is 0. The first-order valence-corrected chi connectivity index (χ1v) is 24.5. The summed E-state index contributed by atoms with van der Waals surface area (Å²) in [5, 5.41) is 8.84. The molecule has 0 spiro atoms. The highest BCUT2D eigenvalue weighted by Gasteiger charge is 2.24. The molecular formula is C64H60N2O2. The molecule has 0 fully saturated rings. The van der Waals surface area contributed by atoms with E-state index in [4.69, 9.17) is 8.83 Å². The lowest BCUT2D eigenvalue weighted by atomic mass is 9.93. The van der Waals surface area contributed by atoms with Crippen molar-refractivity contribution in [2.24, 2.45) is 0 Å². The number of rotatable bonds is 10. The molecule has 68 heavy (non-hydrogen) atoms. The smallest absolute Gasteiger partial charge is 0.178 e. The Morgan fingerprint density at radius 2 is 0.750 bits per heavy atom. The van der Waals surface area contributed by atoms with Crippen molar-refractivity contribution in [2.75, 3.05) is 9.80 Å². The molecule has 0 unspecified atom stereocenters. The summed E-state index contributed by atoms with van der Waals surface area (Å²) in [5.74, 6) is 1.60. The van der Waals surface area contributed by atoms with Gasteiger partial charge < -0.3 is 18.6 Å². The lowest BCUT2D eigenvalue weighted by Gasteiger charge is -2.31. The Balaban J connectivity index is 1.03. The van der Waals surface area contributed by atoms with Gasteiger partial charge in [0.25, 0.3) is 0 Å². The van der Waals surface area contributed by atoms with Gasteiger partial charge in [-0.1, -0.05) is 128 Å². The monoisotopic (exact) mass is 888 g/mol. The normalized spacial score (nSPS) is 12.2. The van der Waals surface area contributed by atoms with Crippen LogP contribution in [0.5, 0.6) is 0 Å². The quantitative estimate of drug-likeness (QED) is 0.137. The molecule has 0 saturated heterocycles. The van der Waals surface area contributed by atoms with Crippen LogP contribution >= 0.6 is 0 Å². The van der Waals surface area contributed by atoms with Crippen molar-refractivity contribution in [3.8, 4) is 0 Å². The minimum Gasteiger partial charge on any atom is -0.452 e. The summed E-state index contributed by atoms with van der Waals surface area (Å²) in [5.41, 5.74) is 18.1. The number of nitrogens with zero attached hydrogens (tertiary/aromatic N) is 2. The Morgan fingerprint density at radius 1 is 0.338 bits per heavy atom. The molecule has 0 aliphatic carbocycles. The highest BCUT2D eigenvalue weighted by molar-refractivity contribution is 6.21. The number of para-hydroxylation sites is 2. The fourth-order valence-electron chi connectivity index (χ4n) is 10.4. The molecule has 11 rings (SSSR count). The lowest BCUT2D eigenvalue weighted by molar-refractivity contribution is 0.634. The highest BCUT2D eigenvalue weighted by Crippen LogP contribution is 2.47. The van der Waals surface area contributed by atoms with Gasteiger partial charge in [0.1, 0.15) is 11.2 Å². The fraction of sp³-hybridized carbons (Fsp3) is 0.219. The maximum absolute atomic E-state index is 6.87. The lowest BCUT2D eigenvalue weighted by Crippen LogP contribution is -2.14. The summed E-state index contributed by atoms with van der Waals surface area (Å²) in [6.45, 7) is 22.7. The van der Waals surface area contributed by atoms with Crippen molar-refractivity contribution >= 4 is 99.5 Å². The average Bonchev–Trinajstić information content (AvgIpc) is 3.88. The third kappa shape index (κ3) is 7.29. The highest BCUT2D eigenvalue weighted by atomic mass is 16.4. The van der Waals surface area contributed by atoms with Gasteiger partial charge in [-0.05, 0) is 177 Å². The van der Waals surface area contributed by atoms with Gasteiger partial charge in [0.15, 0.2) is 11.2 Å². The first-order valence-electron chi connectivity index (χ1n) is 24.5. The molecule has 0 saturated carbocycles. The maximum atomic E-state index is 6.87. The van der Waals surface area contributed by atoms with Crippen LogP contribution in [0, 0.1) is 13.8 Å². The van der Waals surface area contributed by atoms with Crippen LogP contribution in [0.1, 0.15) is 112 Å². The third-order valence-corrected chi connectivity index (χ3v) is 14.4. The van der Waals surface area contributed by atoms with Crippen molar-refractivity contribution in [3.63, 3.8) is 0 Å². The van der Waals surface area contributed by atoms with Crippen molar-refractivity contribution in [2.45, 2.75) is 92.9 Å². The standard InChI is InChI=1S/C64H60N2O2/c1-37(2)43-21-27-59(53(31-43)39(5)6)65(57-17-13-11-15-41(57)9)49-23-19-45-33-55-51-25-26-52-56-34-46-20-24-50(30-48(46)36-62(56)68-64(52)63(51)67-61(55)35-47(45)29-49)66(58-18-14-12-16-42(58)10)60-28-22-44(38(3)4)32-54(60)40(7)8/h11-40H,1-10H3. The number of hydrogen-bond donors (Lipinski definition) is 0. The van der Waals surface area contributed by atoms with Crippen LogP contribution in [0.4, 0.5) is 34.1 Å². The Labute approximate surface area is 400 Å². The predicted molar refractivity (Wildman–Crippen MR) is 291 cm³/mol. The second kappa shape index (κ2) is 16.8. The van der Waals surface area contributed by atoms with E-state index in [0.717, 1.165) is 76.8 Å². The molecule has 0 N–H and O–H groups in total. The number of anilines is 6. The van der Waals surface area contributed by atoms with Crippen LogP contribution in [0.3, 0.4) is 0 Å². The summed E-state index contributed by atoms with van der Waals surface area (Å²) in [6, 6.07) is 58.5. The molecule has 0 aliphatic rings. The van der Waals surface area contributed by atoms with E-state index in [1.807, 2.05) is 0 Å². The molecule has 2 aromatic heterocycles. The summed E-state index contributed by atoms with van der Waals surface area (Å²) >= 11 is 0. The molecule has 11 aromatic rings. The van der Waals surface area contributed by atoms with Crippen LogP contribution in [-0.4, -0.2) is 0 Å². The van der Waals surface area contributed by atoms with E-state index < -0.39 is 0 Å². The number of furan rings is 2. The van der Waals surface area contributed by atoms with Gasteiger partial charge in [0, 0.05) is 55.7 Å². The molecule has 0 radical (unpaired) electrons. The Bertz CT molecular complexity index is 3500. The molecule has 4 heteroatoms. The van der Waals surface area contributed by atoms with E-state index in [0.29, 0.717) is 23.7 Å². The van der Waals surface area contributed by atoms with Gasteiger partial charge in [-0.25, -0.2) is 0 Å². The number of aryl methyl sites for hydroxylation is 2. The zero-order chi connectivity index (χ0) is 47.1. The minimum absolute atomic E-state index is 0.349. The fourth-order valence-corrected chi connectivity index (χ4v) is 10.4. The van der Waals surface area contributed by atoms with Crippen LogP contribution in [0.15, 0.2) is 167 Å². The predicted octanol–water partition coefficient (Wildman–Crippen LogP) is 19.8. The number of benzene rings is 9. The van der Waals surface area contributed by atoms with Crippen molar-refractivity contribution in [1.29, 1.82) is 0 Å². The largest absolute Gasteiger partial charge is 0.452 e. The van der Waals surface area contributed by atoms with E-state index in [-0.39, 0.29) is 0 Å². The molecule has 2 heterocycles. The van der Waals surface area contributed by atoms with Gasteiger partial charge in [-0.3, -0.25) is 0 Å². The van der Waals surface area contributed by atoms with Crippen molar-refractivity contribution in [3.05, 3.63) is 191 Å². The van der Waals surface area contributed by atoms with Crippen LogP contribution in [-0.2, 0) is 0 Å². The van der Waals surface area contributed by atoms with E-state index in [1.54, 1.807) is 0 Å². The van der Waals surface area contributed by atoms with Gasteiger partial charge in [-0.2, -0.15) is 0 Å². The molecule has 338 valence electrons. The van der Waals surface area contributed by atoms with E-state index in [2.05, 4.69) is 237 Å². The van der Waals surface area contributed by atoms with E-state index in [9.17, 15) is 0 Å². The summed E-state index contributed by atoms with van der Waals surface area (Å²) in [6.07, 6.45) is 0. The summed E-state index contributed by atoms with van der Waals surface area (Å²) in [4.78, 5) is 4.88. The second-order valence-corrected chi connectivity index (χ2v) is 20.3. The van der Waals surface area contributed by atoms with Crippen LogP contribution in [0.2, 0.25) is 0 Å². The number of fused-ring (bicyclic) bond motifs is 9. The van der Waals surface area contributed by atoms with Crippen LogP contribution in [0.25, 0.3) is 65.4 Å². The third-order valence-electron chi connectivity index (χ3n) is 14.4. The Hall–Kier alpha value is -7.30. The van der Waals surface area contributed by atoms with Crippen LogP contribution < -0.4 is 9.80 Å².